The van der Waals surface area contributed by atoms with Gasteiger partial charge < -0.3 is 29.3 Å². The van der Waals surface area contributed by atoms with Gasteiger partial charge in [0.2, 0.25) is 6.79 Å². The van der Waals surface area contributed by atoms with Crippen LogP contribution < -0.4 is 14.2 Å². The summed E-state index contributed by atoms with van der Waals surface area (Å²) in [6.07, 6.45) is 5.14. The average molecular weight is 590 g/mol. The zero-order valence-electron chi connectivity index (χ0n) is 24.8. The number of aliphatic carboxylic acids is 2. The van der Waals surface area contributed by atoms with Gasteiger partial charge in [0.25, 0.3) is 5.91 Å². The molecule has 228 valence electrons. The molecule has 0 unspecified atom stereocenters. The lowest BCUT2D eigenvalue weighted by atomic mass is 9.94. The minimum absolute atomic E-state index is 0.00376. The van der Waals surface area contributed by atoms with E-state index in [0.29, 0.717) is 35.7 Å². The number of amides is 1. The average Bonchev–Trinajstić information content (AvgIpc) is 3.46. The number of ether oxygens (including phenoxy) is 3. The second-order valence-corrected chi connectivity index (χ2v) is 10.9. The van der Waals surface area contributed by atoms with Crippen molar-refractivity contribution >= 4 is 17.8 Å². The van der Waals surface area contributed by atoms with Gasteiger partial charge in [0.05, 0.1) is 6.61 Å². The predicted octanol–water partition coefficient (Wildman–Crippen LogP) is 6.00. The number of fused-ring (bicyclic) bond motifs is 1. The van der Waals surface area contributed by atoms with E-state index >= 15 is 0 Å². The van der Waals surface area contributed by atoms with Gasteiger partial charge in [0, 0.05) is 32.5 Å². The van der Waals surface area contributed by atoms with E-state index in [2.05, 4.69) is 6.07 Å². The summed E-state index contributed by atoms with van der Waals surface area (Å²) in [4.78, 5) is 36.6. The molecule has 3 aromatic carbocycles. The molecule has 9 nitrogen and oxygen atoms in total. The van der Waals surface area contributed by atoms with E-state index in [-0.39, 0.29) is 32.1 Å². The highest BCUT2D eigenvalue weighted by atomic mass is 16.7. The Balaban J connectivity index is 1.41. The van der Waals surface area contributed by atoms with Crippen LogP contribution in [0.2, 0.25) is 0 Å². The number of carboxylic acid groups (broad SMARTS) is 2. The molecule has 0 aromatic heterocycles. The molecular formula is C34H39NO8. The molecular weight excluding hydrogens is 550 g/mol. The van der Waals surface area contributed by atoms with Gasteiger partial charge in [-0.2, -0.15) is 0 Å². The molecule has 0 aliphatic carbocycles. The zero-order chi connectivity index (χ0) is 30.8. The smallest absolute Gasteiger partial charge is 0.303 e. The fourth-order valence-electron chi connectivity index (χ4n) is 5.18. The molecule has 0 radical (unpaired) electrons. The number of hydrogen-bond donors (Lipinski definition) is 2. The van der Waals surface area contributed by atoms with E-state index in [9.17, 15) is 19.5 Å². The fourth-order valence-corrected chi connectivity index (χ4v) is 5.18. The number of rotatable bonds is 16. The van der Waals surface area contributed by atoms with Gasteiger partial charge in [-0.05, 0) is 96.7 Å². The molecule has 4 rings (SSSR count). The van der Waals surface area contributed by atoms with Crippen molar-refractivity contribution in [1.29, 1.82) is 0 Å². The SMILES string of the molecule is CN(C)C(=O)c1cc(CCCCCc2cccc(OCCCC(=O)O)c2CCC(=O)O)cc(-c2ccc3c(c2)OCO3)c1. The molecule has 1 amide bonds. The van der Waals surface area contributed by atoms with Gasteiger partial charge in [-0.3, -0.25) is 14.4 Å². The number of carboxylic acids is 2. The molecule has 0 atom stereocenters. The molecule has 43 heavy (non-hydrogen) atoms. The maximum absolute atomic E-state index is 12.9. The molecule has 1 aliphatic rings. The van der Waals surface area contributed by atoms with Crippen molar-refractivity contribution in [2.75, 3.05) is 27.5 Å². The Hall–Kier alpha value is -4.53. The van der Waals surface area contributed by atoms with Crippen molar-refractivity contribution in [3.05, 3.63) is 76.9 Å². The van der Waals surface area contributed by atoms with Crippen LogP contribution in [0.4, 0.5) is 0 Å². The van der Waals surface area contributed by atoms with Crippen LogP contribution in [0.5, 0.6) is 17.2 Å². The summed E-state index contributed by atoms with van der Waals surface area (Å²) in [5.41, 5.74) is 5.56. The van der Waals surface area contributed by atoms with Crippen LogP contribution in [0.3, 0.4) is 0 Å². The normalized spacial score (nSPS) is 11.8. The first-order valence-corrected chi connectivity index (χ1v) is 14.6. The number of carbonyl (C=O) groups is 3. The van der Waals surface area contributed by atoms with Gasteiger partial charge in [-0.25, -0.2) is 0 Å². The number of nitrogens with zero attached hydrogens (tertiary/aromatic N) is 1. The largest absolute Gasteiger partial charge is 0.493 e. The number of hydrogen-bond acceptors (Lipinski definition) is 6. The summed E-state index contributed by atoms with van der Waals surface area (Å²) in [6.45, 7) is 0.466. The maximum Gasteiger partial charge on any atom is 0.303 e. The van der Waals surface area contributed by atoms with Crippen LogP contribution in [0.15, 0.2) is 54.6 Å². The van der Waals surface area contributed by atoms with Crippen LogP contribution >= 0.6 is 0 Å². The van der Waals surface area contributed by atoms with Gasteiger partial charge in [0.1, 0.15) is 5.75 Å². The Labute approximate surface area is 252 Å². The molecule has 2 N–H and O–H groups in total. The third-order valence-corrected chi connectivity index (χ3v) is 7.37. The Kier molecular flexibility index (Phi) is 11.0. The van der Waals surface area contributed by atoms with E-state index in [1.807, 2.05) is 48.5 Å². The summed E-state index contributed by atoms with van der Waals surface area (Å²) in [5, 5.41) is 18.1. The Morgan fingerprint density at radius 1 is 0.791 bits per heavy atom. The number of aryl methyl sites for hydroxylation is 2. The molecule has 1 heterocycles. The first kappa shape index (κ1) is 31.4. The lowest BCUT2D eigenvalue weighted by Gasteiger charge is -2.16. The van der Waals surface area contributed by atoms with Crippen molar-refractivity contribution in [1.82, 2.24) is 4.90 Å². The molecule has 0 fully saturated rings. The molecule has 9 heteroatoms. The highest BCUT2D eigenvalue weighted by Gasteiger charge is 2.17. The summed E-state index contributed by atoms with van der Waals surface area (Å²) in [7, 11) is 3.49. The summed E-state index contributed by atoms with van der Waals surface area (Å²) in [6, 6.07) is 17.5. The van der Waals surface area contributed by atoms with E-state index in [4.69, 9.17) is 19.3 Å². The lowest BCUT2D eigenvalue weighted by Crippen LogP contribution is -2.21. The molecule has 3 aromatic rings. The van der Waals surface area contributed by atoms with Crippen LogP contribution in [0.1, 0.15) is 65.6 Å². The second kappa shape index (κ2) is 15.1. The van der Waals surface area contributed by atoms with Gasteiger partial charge in [0.15, 0.2) is 11.5 Å². The molecule has 0 saturated heterocycles. The Bertz CT molecular complexity index is 1450. The van der Waals surface area contributed by atoms with Gasteiger partial charge in [-0.1, -0.05) is 30.7 Å². The molecule has 0 spiro atoms. The number of benzene rings is 3. The van der Waals surface area contributed by atoms with Crippen LogP contribution in [-0.4, -0.2) is 60.5 Å². The van der Waals surface area contributed by atoms with E-state index in [0.717, 1.165) is 59.9 Å². The van der Waals surface area contributed by atoms with Crippen molar-refractivity contribution < 1.29 is 38.8 Å². The standard InChI is InChI=1S/C34H39NO8/c1-35(2)34(40)27-19-23(18-26(20-27)25-13-15-30-31(21-25)43-22-42-30)8-4-3-5-9-24-10-6-11-29(28(24)14-16-33(38)39)41-17-7-12-32(36)37/h6,10-11,13,15,18-21H,3-5,7-9,12,14,16-17,22H2,1-2H3,(H,36,37)(H,38,39). The quantitative estimate of drug-likeness (QED) is 0.195. The Morgan fingerprint density at radius 2 is 1.56 bits per heavy atom. The van der Waals surface area contributed by atoms with Crippen LogP contribution in [-0.2, 0) is 28.9 Å². The third kappa shape index (κ3) is 8.98. The van der Waals surface area contributed by atoms with Crippen molar-refractivity contribution in [3.8, 4) is 28.4 Å². The second-order valence-electron chi connectivity index (χ2n) is 10.9. The highest BCUT2D eigenvalue weighted by Crippen LogP contribution is 2.36. The predicted molar refractivity (Wildman–Crippen MR) is 162 cm³/mol. The van der Waals surface area contributed by atoms with Crippen molar-refractivity contribution in [3.63, 3.8) is 0 Å². The topological polar surface area (TPSA) is 123 Å². The van der Waals surface area contributed by atoms with Crippen molar-refractivity contribution in [2.45, 2.75) is 57.8 Å². The Morgan fingerprint density at radius 3 is 2.33 bits per heavy atom. The zero-order valence-corrected chi connectivity index (χ0v) is 24.8. The summed E-state index contributed by atoms with van der Waals surface area (Å²) in [5.74, 6) is 0.238. The summed E-state index contributed by atoms with van der Waals surface area (Å²) >= 11 is 0. The van der Waals surface area contributed by atoms with E-state index in [1.165, 1.54) is 0 Å². The van der Waals surface area contributed by atoms with Crippen LogP contribution in [0, 0.1) is 0 Å². The number of unbranched alkanes of at least 4 members (excludes halogenated alkanes) is 2. The van der Waals surface area contributed by atoms with Crippen molar-refractivity contribution in [2.24, 2.45) is 0 Å². The molecule has 0 saturated carbocycles. The highest BCUT2D eigenvalue weighted by molar-refractivity contribution is 5.95. The number of carbonyl (C=O) groups excluding carboxylic acids is 1. The maximum atomic E-state index is 12.9. The van der Waals surface area contributed by atoms with Gasteiger partial charge >= 0.3 is 11.9 Å². The third-order valence-electron chi connectivity index (χ3n) is 7.37. The minimum Gasteiger partial charge on any atom is -0.493 e. The fraction of sp³-hybridized carbons (Fsp3) is 0.382. The molecule has 0 bridgehead atoms. The van der Waals surface area contributed by atoms with Gasteiger partial charge in [-0.15, -0.1) is 0 Å². The minimum atomic E-state index is -0.873. The van der Waals surface area contributed by atoms with E-state index < -0.39 is 11.9 Å². The first-order chi connectivity index (χ1) is 20.7. The first-order valence-electron chi connectivity index (χ1n) is 14.6. The lowest BCUT2D eigenvalue weighted by molar-refractivity contribution is -0.138. The summed E-state index contributed by atoms with van der Waals surface area (Å²) < 4.78 is 16.9. The van der Waals surface area contributed by atoms with Crippen LogP contribution in [0.25, 0.3) is 11.1 Å². The monoisotopic (exact) mass is 589 g/mol. The molecule has 1 aliphatic heterocycles. The van der Waals surface area contributed by atoms with E-state index in [1.54, 1.807) is 19.0 Å².